The van der Waals surface area contributed by atoms with E-state index >= 15 is 0 Å². The van der Waals surface area contributed by atoms with E-state index in [0.29, 0.717) is 13.0 Å². The molecule has 0 bridgehead atoms. The van der Waals surface area contributed by atoms with Gasteiger partial charge in [0.2, 0.25) is 0 Å². The average molecular weight is 324 g/mol. The van der Waals surface area contributed by atoms with Crippen LogP contribution in [0.4, 0.5) is 4.79 Å². The van der Waals surface area contributed by atoms with E-state index in [-0.39, 0.29) is 12.1 Å². The molecule has 0 unspecified atom stereocenters. The van der Waals surface area contributed by atoms with Crippen molar-refractivity contribution >= 4 is 12.3 Å². The Morgan fingerprint density at radius 1 is 1.17 bits per heavy atom. The number of cyclic esters (lactones) is 1. The third kappa shape index (κ3) is 3.93. The molecule has 2 aromatic rings. The molecule has 3 rings (SSSR count). The Kier molecular flexibility index (Phi) is 5.11. The first-order valence-corrected chi connectivity index (χ1v) is 7.91. The molecule has 1 aliphatic rings. The van der Waals surface area contributed by atoms with Crippen molar-refractivity contribution in [3.05, 3.63) is 65.7 Å². The number of amides is 1. The van der Waals surface area contributed by atoms with Gasteiger partial charge in [0.1, 0.15) is 12.4 Å². The summed E-state index contributed by atoms with van der Waals surface area (Å²) >= 11 is 0. The van der Waals surface area contributed by atoms with Crippen LogP contribution in [0.5, 0.6) is 5.75 Å². The molecule has 124 valence electrons. The van der Waals surface area contributed by atoms with Crippen LogP contribution in [-0.4, -0.2) is 37.1 Å². The highest BCUT2D eigenvalue weighted by atomic mass is 16.6. The molecule has 5 nitrogen and oxygen atoms in total. The van der Waals surface area contributed by atoms with E-state index in [1.165, 1.54) is 5.01 Å². The summed E-state index contributed by atoms with van der Waals surface area (Å²) in [5.41, 5.74) is 2.27. The number of rotatable bonds is 6. The summed E-state index contributed by atoms with van der Waals surface area (Å²) in [5, 5.41) is 5.76. The standard InChI is InChI=1S/C19H20N2O3/c1-23-18-9-7-15(8-10-18)11-12-20-21-17(14-24-19(21)22)13-16-5-3-2-4-6-16/h2-10,12,17H,11,13-14H2,1H3/b20-12+/t17-/m0/s1. The second kappa shape index (κ2) is 7.64. The molecule has 0 aromatic heterocycles. The Hall–Kier alpha value is -2.82. The Balaban J connectivity index is 1.61. The molecule has 0 N–H and O–H groups in total. The first-order valence-electron chi connectivity index (χ1n) is 7.91. The van der Waals surface area contributed by atoms with Crippen LogP contribution in [0.3, 0.4) is 0 Å². The maximum Gasteiger partial charge on any atom is 0.430 e. The van der Waals surface area contributed by atoms with Gasteiger partial charge in [-0.3, -0.25) is 0 Å². The lowest BCUT2D eigenvalue weighted by Crippen LogP contribution is -2.30. The third-order valence-corrected chi connectivity index (χ3v) is 3.94. The fourth-order valence-electron chi connectivity index (χ4n) is 2.62. The van der Waals surface area contributed by atoms with Crippen LogP contribution in [-0.2, 0) is 17.6 Å². The average Bonchev–Trinajstić information content (AvgIpc) is 2.96. The zero-order valence-electron chi connectivity index (χ0n) is 13.6. The molecule has 1 fully saturated rings. The van der Waals surface area contributed by atoms with Crippen molar-refractivity contribution in [2.45, 2.75) is 18.9 Å². The summed E-state index contributed by atoms with van der Waals surface area (Å²) in [6.07, 6.45) is 2.73. The normalized spacial score (nSPS) is 17.3. The van der Waals surface area contributed by atoms with Gasteiger partial charge in [-0.25, -0.2) is 4.79 Å². The van der Waals surface area contributed by atoms with Crippen LogP contribution in [0.25, 0.3) is 0 Å². The molecule has 1 heterocycles. The van der Waals surface area contributed by atoms with E-state index in [4.69, 9.17) is 9.47 Å². The Morgan fingerprint density at radius 3 is 2.62 bits per heavy atom. The minimum absolute atomic E-state index is 0.0629. The van der Waals surface area contributed by atoms with Crippen molar-refractivity contribution in [1.82, 2.24) is 5.01 Å². The van der Waals surface area contributed by atoms with Crippen LogP contribution in [0.15, 0.2) is 59.7 Å². The largest absolute Gasteiger partial charge is 0.497 e. The van der Waals surface area contributed by atoms with Crippen LogP contribution in [0, 0.1) is 0 Å². The van der Waals surface area contributed by atoms with Gasteiger partial charge in [-0.1, -0.05) is 42.5 Å². The van der Waals surface area contributed by atoms with Gasteiger partial charge in [0, 0.05) is 12.6 Å². The number of ether oxygens (including phenoxy) is 2. The number of nitrogens with zero attached hydrogens (tertiary/aromatic N) is 2. The minimum atomic E-state index is -0.387. The van der Waals surface area contributed by atoms with Crippen molar-refractivity contribution in [1.29, 1.82) is 0 Å². The van der Waals surface area contributed by atoms with E-state index in [1.807, 2.05) is 54.6 Å². The van der Waals surface area contributed by atoms with Gasteiger partial charge in [-0.05, 0) is 29.7 Å². The highest BCUT2D eigenvalue weighted by Gasteiger charge is 2.32. The Bertz CT molecular complexity index is 698. The summed E-state index contributed by atoms with van der Waals surface area (Å²) in [7, 11) is 1.64. The quantitative estimate of drug-likeness (QED) is 0.766. The molecular formula is C19H20N2O3. The summed E-state index contributed by atoms with van der Waals surface area (Å²) in [6, 6.07) is 17.8. The molecule has 1 atom stereocenters. The SMILES string of the molecule is COc1ccc(C/C=N/N2C(=O)OC[C@@H]2Cc2ccccc2)cc1. The lowest BCUT2D eigenvalue weighted by molar-refractivity contribution is 0.159. The second-order valence-electron chi connectivity index (χ2n) is 5.62. The van der Waals surface area contributed by atoms with Gasteiger partial charge >= 0.3 is 6.09 Å². The predicted octanol–water partition coefficient (Wildman–Crippen LogP) is 3.29. The van der Waals surface area contributed by atoms with Crippen molar-refractivity contribution in [2.24, 2.45) is 5.10 Å². The third-order valence-electron chi connectivity index (χ3n) is 3.94. The van der Waals surface area contributed by atoms with Crippen molar-refractivity contribution in [2.75, 3.05) is 13.7 Å². The molecule has 0 aliphatic carbocycles. The topological polar surface area (TPSA) is 51.1 Å². The highest BCUT2D eigenvalue weighted by Crippen LogP contribution is 2.17. The number of benzene rings is 2. The fourth-order valence-corrected chi connectivity index (χ4v) is 2.62. The Labute approximate surface area is 141 Å². The lowest BCUT2D eigenvalue weighted by atomic mass is 10.1. The molecule has 0 spiro atoms. The second-order valence-corrected chi connectivity index (χ2v) is 5.62. The molecule has 0 radical (unpaired) electrons. The van der Waals surface area contributed by atoms with Crippen LogP contribution in [0.1, 0.15) is 11.1 Å². The summed E-state index contributed by atoms with van der Waals surface area (Å²) in [6.45, 7) is 0.369. The molecule has 1 saturated heterocycles. The number of carbonyl (C=O) groups is 1. The van der Waals surface area contributed by atoms with Crippen molar-refractivity contribution in [3.63, 3.8) is 0 Å². The highest BCUT2D eigenvalue weighted by molar-refractivity contribution is 5.72. The number of hydrogen-bond donors (Lipinski definition) is 0. The van der Waals surface area contributed by atoms with E-state index in [0.717, 1.165) is 23.3 Å². The van der Waals surface area contributed by atoms with Gasteiger partial charge in [0.25, 0.3) is 0 Å². The summed E-state index contributed by atoms with van der Waals surface area (Å²) in [4.78, 5) is 11.9. The molecule has 0 saturated carbocycles. The molecule has 1 aliphatic heterocycles. The maximum atomic E-state index is 11.9. The molecule has 2 aromatic carbocycles. The molecule has 24 heavy (non-hydrogen) atoms. The zero-order valence-corrected chi connectivity index (χ0v) is 13.6. The maximum absolute atomic E-state index is 11.9. The number of carbonyl (C=O) groups excluding carboxylic acids is 1. The minimum Gasteiger partial charge on any atom is -0.497 e. The van der Waals surface area contributed by atoms with Gasteiger partial charge in [0.15, 0.2) is 0 Å². The van der Waals surface area contributed by atoms with Crippen LogP contribution < -0.4 is 4.74 Å². The van der Waals surface area contributed by atoms with E-state index in [9.17, 15) is 4.79 Å². The van der Waals surface area contributed by atoms with Crippen molar-refractivity contribution in [3.8, 4) is 5.75 Å². The smallest absolute Gasteiger partial charge is 0.430 e. The molecule has 5 heteroatoms. The van der Waals surface area contributed by atoms with E-state index in [2.05, 4.69) is 5.10 Å². The lowest BCUT2D eigenvalue weighted by Gasteiger charge is -2.15. The molecular weight excluding hydrogens is 304 g/mol. The van der Waals surface area contributed by atoms with Gasteiger partial charge in [0.05, 0.1) is 13.2 Å². The summed E-state index contributed by atoms with van der Waals surface area (Å²) < 4.78 is 10.3. The van der Waals surface area contributed by atoms with Gasteiger partial charge in [-0.15, -0.1) is 0 Å². The van der Waals surface area contributed by atoms with Crippen LogP contribution >= 0.6 is 0 Å². The monoisotopic (exact) mass is 324 g/mol. The van der Waals surface area contributed by atoms with Crippen LogP contribution in [0.2, 0.25) is 0 Å². The first-order chi connectivity index (χ1) is 11.8. The van der Waals surface area contributed by atoms with E-state index < -0.39 is 0 Å². The number of hydrazone groups is 1. The first kappa shape index (κ1) is 16.1. The fraction of sp³-hybridized carbons (Fsp3) is 0.263. The van der Waals surface area contributed by atoms with E-state index in [1.54, 1.807) is 13.3 Å². The summed E-state index contributed by atoms with van der Waals surface area (Å²) in [5.74, 6) is 0.821. The number of hydrogen-bond acceptors (Lipinski definition) is 4. The van der Waals surface area contributed by atoms with Crippen molar-refractivity contribution < 1.29 is 14.3 Å². The molecule has 1 amide bonds. The predicted molar refractivity (Wildman–Crippen MR) is 92.3 cm³/mol. The number of methoxy groups -OCH3 is 1. The zero-order chi connectivity index (χ0) is 16.8. The Morgan fingerprint density at radius 2 is 1.92 bits per heavy atom. The van der Waals surface area contributed by atoms with Gasteiger partial charge < -0.3 is 9.47 Å². The van der Waals surface area contributed by atoms with Gasteiger partial charge in [-0.2, -0.15) is 10.1 Å².